The number of ether oxygens (including phenoxy) is 1. The Hall–Kier alpha value is -2.21. The molecule has 0 fully saturated rings. The number of anilines is 1. The third kappa shape index (κ3) is 5.49. The van der Waals surface area contributed by atoms with Crippen LogP contribution < -0.4 is 5.32 Å². The van der Waals surface area contributed by atoms with Crippen molar-refractivity contribution in [1.82, 2.24) is 0 Å². The number of benzene rings is 2. The molecule has 120 valence electrons. The van der Waals surface area contributed by atoms with Gasteiger partial charge in [0.05, 0.1) is 12.1 Å². The predicted molar refractivity (Wildman–Crippen MR) is 88.6 cm³/mol. The lowest BCUT2D eigenvalue weighted by molar-refractivity contribution is -0.146. The molecule has 0 aliphatic carbocycles. The van der Waals surface area contributed by atoms with Crippen LogP contribution in [0.5, 0.6) is 0 Å². The highest BCUT2D eigenvalue weighted by atomic mass is 79.9. The second-order valence-corrected chi connectivity index (χ2v) is 5.85. The topological polar surface area (TPSA) is 55.4 Å². The molecule has 0 radical (unpaired) electrons. The maximum absolute atomic E-state index is 12.8. The lowest BCUT2D eigenvalue weighted by Gasteiger charge is -2.09. The van der Waals surface area contributed by atoms with E-state index in [2.05, 4.69) is 21.2 Å². The molecular formula is C17H15BrFNO3. The summed E-state index contributed by atoms with van der Waals surface area (Å²) in [4.78, 5) is 23.5. The van der Waals surface area contributed by atoms with Gasteiger partial charge in [-0.25, -0.2) is 4.39 Å². The Morgan fingerprint density at radius 1 is 1.17 bits per heavy atom. The van der Waals surface area contributed by atoms with Gasteiger partial charge in [0.15, 0.2) is 6.61 Å². The summed E-state index contributed by atoms with van der Waals surface area (Å²) >= 11 is 3.35. The van der Waals surface area contributed by atoms with Crippen LogP contribution >= 0.6 is 15.9 Å². The van der Waals surface area contributed by atoms with Gasteiger partial charge in [0.1, 0.15) is 5.82 Å². The van der Waals surface area contributed by atoms with Gasteiger partial charge < -0.3 is 10.1 Å². The molecule has 0 saturated heterocycles. The molecule has 23 heavy (non-hydrogen) atoms. The second-order valence-electron chi connectivity index (χ2n) is 5.00. The summed E-state index contributed by atoms with van der Waals surface area (Å²) in [6.07, 6.45) is -0.0121. The minimum Gasteiger partial charge on any atom is -0.455 e. The van der Waals surface area contributed by atoms with Crippen molar-refractivity contribution in [2.24, 2.45) is 0 Å². The Morgan fingerprint density at radius 2 is 1.87 bits per heavy atom. The number of hydrogen-bond donors (Lipinski definition) is 1. The maximum atomic E-state index is 12.8. The Labute approximate surface area is 141 Å². The highest BCUT2D eigenvalue weighted by Gasteiger charge is 2.10. The number of aryl methyl sites for hydroxylation is 1. The average Bonchev–Trinajstić information content (AvgIpc) is 2.50. The largest absolute Gasteiger partial charge is 0.455 e. The van der Waals surface area contributed by atoms with Crippen LogP contribution in [0.4, 0.5) is 10.1 Å². The first kappa shape index (κ1) is 17.1. The molecule has 0 aliphatic heterocycles. The third-order valence-electron chi connectivity index (χ3n) is 3.02. The number of carbonyl (C=O) groups is 2. The van der Waals surface area contributed by atoms with Crippen LogP contribution in [0.2, 0.25) is 0 Å². The van der Waals surface area contributed by atoms with E-state index in [9.17, 15) is 14.0 Å². The van der Waals surface area contributed by atoms with Crippen molar-refractivity contribution >= 4 is 33.5 Å². The summed E-state index contributed by atoms with van der Waals surface area (Å²) in [5.74, 6) is -1.35. The van der Waals surface area contributed by atoms with Crippen LogP contribution in [0.1, 0.15) is 11.1 Å². The molecule has 0 aliphatic rings. The van der Waals surface area contributed by atoms with Gasteiger partial charge in [-0.1, -0.05) is 18.2 Å². The van der Waals surface area contributed by atoms with Crippen LogP contribution in [0.3, 0.4) is 0 Å². The molecule has 6 heteroatoms. The normalized spacial score (nSPS) is 10.2. The molecule has 0 unspecified atom stereocenters. The van der Waals surface area contributed by atoms with Crippen molar-refractivity contribution in [2.45, 2.75) is 13.3 Å². The molecule has 0 aromatic heterocycles. The SMILES string of the molecule is Cc1ccc(NC(=O)COC(=O)Cc2ccc(F)cc2)c(Br)c1. The van der Waals surface area contributed by atoms with E-state index in [1.807, 2.05) is 19.1 Å². The highest BCUT2D eigenvalue weighted by Crippen LogP contribution is 2.23. The number of nitrogens with one attached hydrogen (secondary N) is 1. The van der Waals surface area contributed by atoms with E-state index in [4.69, 9.17) is 4.74 Å². The number of carbonyl (C=O) groups excluding carboxylic acids is 2. The summed E-state index contributed by atoms with van der Waals surface area (Å²) in [7, 11) is 0. The van der Waals surface area contributed by atoms with Crippen molar-refractivity contribution in [1.29, 1.82) is 0 Å². The third-order valence-corrected chi connectivity index (χ3v) is 3.68. The Balaban J connectivity index is 1.81. The zero-order valence-electron chi connectivity index (χ0n) is 12.4. The monoisotopic (exact) mass is 379 g/mol. The molecule has 4 nitrogen and oxygen atoms in total. The van der Waals surface area contributed by atoms with Gasteiger partial charge in [-0.15, -0.1) is 0 Å². The molecule has 0 heterocycles. The summed E-state index contributed by atoms with van der Waals surface area (Å²) in [6, 6.07) is 11.0. The molecule has 0 spiro atoms. The standard InChI is InChI=1S/C17H15BrFNO3/c1-11-2-7-15(14(18)8-11)20-16(21)10-23-17(22)9-12-3-5-13(19)6-4-12/h2-8H,9-10H2,1H3,(H,20,21). The molecule has 1 N–H and O–H groups in total. The summed E-state index contributed by atoms with van der Waals surface area (Å²) in [5.41, 5.74) is 2.29. The molecule has 2 aromatic carbocycles. The van der Waals surface area contributed by atoms with Crippen molar-refractivity contribution in [3.05, 3.63) is 63.9 Å². The van der Waals surface area contributed by atoms with Gasteiger partial charge in [-0.2, -0.15) is 0 Å². The van der Waals surface area contributed by atoms with Crippen LogP contribution in [-0.2, 0) is 20.7 Å². The fraction of sp³-hybridized carbons (Fsp3) is 0.176. The van der Waals surface area contributed by atoms with Crippen molar-refractivity contribution < 1.29 is 18.7 Å². The van der Waals surface area contributed by atoms with Gasteiger partial charge in [0, 0.05) is 4.47 Å². The van der Waals surface area contributed by atoms with Crippen LogP contribution in [-0.4, -0.2) is 18.5 Å². The molecule has 1 amide bonds. The van der Waals surface area contributed by atoms with Crippen molar-refractivity contribution in [2.75, 3.05) is 11.9 Å². The zero-order valence-corrected chi connectivity index (χ0v) is 14.0. The average molecular weight is 380 g/mol. The van der Waals surface area contributed by atoms with Crippen LogP contribution in [0, 0.1) is 12.7 Å². The summed E-state index contributed by atoms with van der Waals surface area (Å²) in [5, 5.41) is 2.65. The fourth-order valence-electron chi connectivity index (χ4n) is 1.87. The minimum absolute atomic E-state index is 0.0121. The Kier molecular flexibility index (Phi) is 5.87. The van der Waals surface area contributed by atoms with E-state index in [-0.39, 0.29) is 18.8 Å². The van der Waals surface area contributed by atoms with Crippen molar-refractivity contribution in [3.63, 3.8) is 0 Å². The molecule has 2 aromatic rings. The molecule has 0 bridgehead atoms. The number of esters is 1. The van der Waals surface area contributed by atoms with Gasteiger partial charge in [0.2, 0.25) is 0 Å². The Bertz CT molecular complexity index is 716. The van der Waals surface area contributed by atoms with Gasteiger partial charge in [-0.05, 0) is 58.2 Å². The fourth-order valence-corrected chi connectivity index (χ4v) is 2.47. The molecule has 0 atom stereocenters. The van der Waals surface area contributed by atoms with E-state index in [1.165, 1.54) is 24.3 Å². The molecule has 2 rings (SSSR count). The van der Waals surface area contributed by atoms with E-state index < -0.39 is 11.9 Å². The first-order chi connectivity index (χ1) is 10.9. The highest BCUT2D eigenvalue weighted by molar-refractivity contribution is 9.10. The number of hydrogen-bond acceptors (Lipinski definition) is 3. The van der Waals surface area contributed by atoms with Crippen LogP contribution in [0.25, 0.3) is 0 Å². The second kappa shape index (κ2) is 7.87. The van der Waals surface area contributed by atoms with Crippen LogP contribution in [0.15, 0.2) is 46.9 Å². The van der Waals surface area contributed by atoms with Gasteiger partial charge in [0.25, 0.3) is 5.91 Å². The molecular weight excluding hydrogens is 365 g/mol. The summed E-state index contributed by atoms with van der Waals surface area (Å²) < 4.78 is 18.4. The van der Waals surface area contributed by atoms with E-state index in [0.717, 1.165) is 10.0 Å². The summed E-state index contributed by atoms with van der Waals surface area (Å²) in [6.45, 7) is 1.56. The van der Waals surface area contributed by atoms with Crippen molar-refractivity contribution in [3.8, 4) is 0 Å². The lowest BCUT2D eigenvalue weighted by atomic mass is 10.1. The minimum atomic E-state index is -0.547. The predicted octanol–water partition coefficient (Wildman–Crippen LogP) is 3.62. The van der Waals surface area contributed by atoms with E-state index in [0.29, 0.717) is 11.3 Å². The zero-order chi connectivity index (χ0) is 16.8. The van der Waals surface area contributed by atoms with E-state index >= 15 is 0 Å². The van der Waals surface area contributed by atoms with Gasteiger partial charge >= 0.3 is 5.97 Å². The number of halogens is 2. The smallest absolute Gasteiger partial charge is 0.310 e. The maximum Gasteiger partial charge on any atom is 0.310 e. The Morgan fingerprint density at radius 3 is 2.52 bits per heavy atom. The van der Waals surface area contributed by atoms with Gasteiger partial charge in [-0.3, -0.25) is 9.59 Å². The van der Waals surface area contributed by atoms with E-state index in [1.54, 1.807) is 6.07 Å². The number of amides is 1. The number of rotatable bonds is 5. The first-order valence-corrected chi connectivity index (χ1v) is 7.69. The molecule has 0 saturated carbocycles. The first-order valence-electron chi connectivity index (χ1n) is 6.90. The lowest BCUT2D eigenvalue weighted by Crippen LogP contribution is -2.21. The quantitative estimate of drug-likeness (QED) is 0.807.